The number of rotatable bonds is 7. The first kappa shape index (κ1) is 21.0. The summed E-state index contributed by atoms with van der Waals surface area (Å²) < 4.78 is 10.9. The standard InChI is InChI=1S/C25H21N5O2S/c1-3-32-25-20-7-5-4-6-19(20)24(29-30-25)28-16-8-10-18(11-9-16)33-22-12-13-26-21-14-17(31-2)15-27-23(21)22/h4-15H,3H2,1-2H3,(H,28,29). The van der Waals surface area contributed by atoms with Crippen LogP contribution in [-0.4, -0.2) is 33.9 Å². The number of benzene rings is 2. The van der Waals surface area contributed by atoms with E-state index < -0.39 is 0 Å². The number of methoxy groups -OCH3 is 1. The molecule has 1 N–H and O–H groups in total. The average Bonchev–Trinajstić information content (AvgIpc) is 2.86. The van der Waals surface area contributed by atoms with Crippen molar-refractivity contribution in [2.75, 3.05) is 19.0 Å². The van der Waals surface area contributed by atoms with Gasteiger partial charge in [0.2, 0.25) is 5.88 Å². The topological polar surface area (TPSA) is 82.1 Å². The molecule has 0 bridgehead atoms. The lowest BCUT2D eigenvalue weighted by molar-refractivity contribution is 0.327. The molecule has 7 nitrogen and oxygen atoms in total. The number of nitrogens with zero attached hydrogens (tertiary/aromatic N) is 4. The van der Waals surface area contributed by atoms with E-state index in [0.717, 1.165) is 37.3 Å². The molecule has 0 aliphatic carbocycles. The SMILES string of the molecule is CCOc1nnc(Nc2ccc(Sc3ccnc4cc(OC)cnc34)cc2)c2ccccc12. The van der Waals surface area contributed by atoms with E-state index in [1.165, 1.54) is 0 Å². The highest BCUT2D eigenvalue weighted by atomic mass is 32.2. The highest BCUT2D eigenvalue weighted by Crippen LogP contribution is 2.34. The van der Waals surface area contributed by atoms with Gasteiger partial charge in [-0.1, -0.05) is 30.0 Å². The third-order valence-electron chi connectivity index (χ3n) is 5.03. The number of nitrogens with one attached hydrogen (secondary N) is 1. The maximum absolute atomic E-state index is 5.62. The normalized spacial score (nSPS) is 11.0. The van der Waals surface area contributed by atoms with Gasteiger partial charge in [0.05, 0.1) is 25.4 Å². The predicted molar refractivity (Wildman–Crippen MR) is 131 cm³/mol. The Hall–Kier alpha value is -3.91. The quantitative estimate of drug-likeness (QED) is 0.326. The molecule has 0 radical (unpaired) electrons. The van der Waals surface area contributed by atoms with Crippen molar-refractivity contribution >= 4 is 45.1 Å². The second kappa shape index (κ2) is 9.30. The summed E-state index contributed by atoms with van der Waals surface area (Å²) in [6, 6.07) is 20.0. The predicted octanol–water partition coefficient (Wildman–Crippen LogP) is 5.88. The van der Waals surface area contributed by atoms with Crippen LogP contribution in [0.5, 0.6) is 11.6 Å². The van der Waals surface area contributed by atoms with Crippen LogP contribution in [0.15, 0.2) is 82.8 Å². The Morgan fingerprint density at radius 2 is 1.76 bits per heavy atom. The molecule has 0 unspecified atom stereocenters. The van der Waals surface area contributed by atoms with E-state index in [9.17, 15) is 0 Å². The largest absolute Gasteiger partial charge is 0.495 e. The summed E-state index contributed by atoms with van der Waals surface area (Å²) in [5.41, 5.74) is 2.57. The van der Waals surface area contributed by atoms with Gasteiger partial charge in [-0.05, 0) is 43.3 Å². The fourth-order valence-electron chi connectivity index (χ4n) is 3.47. The molecule has 5 rings (SSSR count). The zero-order valence-electron chi connectivity index (χ0n) is 18.1. The van der Waals surface area contributed by atoms with Crippen molar-refractivity contribution in [2.24, 2.45) is 0 Å². The molecular formula is C25H21N5O2S. The van der Waals surface area contributed by atoms with Gasteiger partial charge in [-0.2, -0.15) is 0 Å². The van der Waals surface area contributed by atoms with Crippen LogP contribution in [0.4, 0.5) is 11.5 Å². The average molecular weight is 456 g/mol. The Kier molecular flexibility index (Phi) is 5.91. The van der Waals surface area contributed by atoms with Gasteiger partial charge >= 0.3 is 0 Å². The van der Waals surface area contributed by atoms with Crippen LogP contribution >= 0.6 is 11.8 Å². The summed E-state index contributed by atoms with van der Waals surface area (Å²) in [5, 5.41) is 13.9. The minimum Gasteiger partial charge on any atom is -0.495 e. The zero-order chi connectivity index (χ0) is 22.6. The van der Waals surface area contributed by atoms with Crippen molar-refractivity contribution in [3.63, 3.8) is 0 Å². The third-order valence-corrected chi connectivity index (χ3v) is 6.09. The molecule has 3 heterocycles. The number of aromatic nitrogens is 4. The van der Waals surface area contributed by atoms with Gasteiger partial charge in [-0.15, -0.1) is 10.2 Å². The van der Waals surface area contributed by atoms with Crippen molar-refractivity contribution in [1.29, 1.82) is 0 Å². The van der Waals surface area contributed by atoms with E-state index in [2.05, 4.69) is 37.6 Å². The van der Waals surface area contributed by atoms with Gasteiger partial charge < -0.3 is 14.8 Å². The van der Waals surface area contributed by atoms with Gasteiger partial charge in [0.15, 0.2) is 5.82 Å². The lowest BCUT2D eigenvalue weighted by atomic mass is 10.2. The second-order valence-electron chi connectivity index (χ2n) is 7.14. The number of fused-ring (bicyclic) bond motifs is 2. The highest BCUT2D eigenvalue weighted by molar-refractivity contribution is 7.99. The first-order valence-corrected chi connectivity index (χ1v) is 11.3. The van der Waals surface area contributed by atoms with Gasteiger partial charge in [-0.3, -0.25) is 4.98 Å². The molecule has 8 heteroatoms. The Labute approximate surface area is 195 Å². The first-order chi connectivity index (χ1) is 16.2. The van der Waals surface area contributed by atoms with Crippen LogP contribution in [0.3, 0.4) is 0 Å². The van der Waals surface area contributed by atoms with Crippen LogP contribution in [0.2, 0.25) is 0 Å². The first-order valence-electron chi connectivity index (χ1n) is 10.5. The number of pyridine rings is 2. The second-order valence-corrected chi connectivity index (χ2v) is 8.25. The molecular weight excluding hydrogens is 434 g/mol. The van der Waals surface area contributed by atoms with E-state index in [0.29, 0.717) is 24.1 Å². The van der Waals surface area contributed by atoms with Crippen LogP contribution in [0.25, 0.3) is 21.8 Å². The monoisotopic (exact) mass is 455 g/mol. The molecule has 0 saturated carbocycles. The van der Waals surface area contributed by atoms with Crippen molar-refractivity contribution in [3.05, 3.63) is 73.1 Å². The van der Waals surface area contributed by atoms with Crippen molar-refractivity contribution in [3.8, 4) is 11.6 Å². The van der Waals surface area contributed by atoms with E-state index in [1.807, 2.05) is 55.5 Å². The fourth-order valence-corrected chi connectivity index (χ4v) is 4.37. The molecule has 0 aliphatic heterocycles. The minimum atomic E-state index is 0.542. The molecule has 5 aromatic rings. The Morgan fingerprint density at radius 1 is 0.939 bits per heavy atom. The Balaban J connectivity index is 1.38. The third kappa shape index (κ3) is 4.38. The van der Waals surface area contributed by atoms with E-state index in [1.54, 1.807) is 31.3 Å². The molecule has 33 heavy (non-hydrogen) atoms. The van der Waals surface area contributed by atoms with Crippen LogP contribution < -0.4 is 14.8 Å². The van der Waals surface area contributed by atoms with E-state index in [4.69, 9.17) is 9.47 Å². The molecule has 0 spiro atoms. The maximum atomic E-state index is 5.62. The molecule has 0 atom stereocenters. The lowest BCUT2D eigenvalue weighted by Crippen LogP contribution is -2.01. The summed E-state index contributed by atoms with van der Waals surface area (Å²) in [4.78, 5) is 11.1. The summed E-state index contributed by atoms with van der Waals surface area (Å²) in [5.74, 6) is 1.92. The van der Waals surface area contributed by atoms with Gasteiger partial charge in [0.1, 0.15) is 11.3 Å². The van der Waals surface area contributed by atoms with Crippen molar-refractivity contribution in [1.82, 2.24) is 20.2 Å². The Morgan fingerprint density at radius 3 is 2.55 bits per heavy atom. The minimum absolute atomic E-state index is 0.542. The number of hydrogen-bond acceptors (Lipinski definition) is 8. The van der Waals surface area contributed by atoms with Gasteiger partial charge in [0.25, 0.3) is 0 Å². The van der Waals surface area contributed by atoms with Gasteiger partial charge in [0, 0.05) is 38.5 Å². The van der Waals surface area contributed by atoms with Crippen LogP contribution in [0.1, 0.15) is 6.92 Å². The summed E-state index contributed by atoms with van der Waals surface area (Å²) in [6.07, 6.45) is 3.50. The zero-order valence-corrected chi connectivity index (χ0v) is 19.0. The number of hydrogen-bond donors (Lipinski definition) is 1. The molecule has 0 fully saturated rings. The lowest BCUT2D eigenvalue weighted by Gasteiger charge is -2.11. The number of ether oxygens (including phenoxy) is 2. The van der Waals surface area contributed by atoms with Crippen molar-refractivity contribution < 1.29 is 9.47 Å². The molecule has 3 aromatic heterocycles. The van der Waals surface area contributed by atoms with E-state index in [-0.39, 0.29) is 0 Å². The summed E-state index contributed by atoms with van der Waals surface area (Å²) in [7, 11) is 1.62. The van der Waals surface area contributed by atoms with Crippen LogP contribution in [0, 0.1) is 0 Å². The Bertz CT molecular complexity index is 1430. The number of anilines is 2. The molecule has 164 valence electrons. The molecule has 0 aliphatic rings. The van der Waals surface area contributed by atoms with E-state index >= 15 is 0 Å². The molecule has 0 amide bonds. The summed E-state index contributed by atoms with van der Waals surface area (Å²) in [6.45, 7) is 2.48. The molecule has 0 saturated heterocycles. The summed E-state index contributed by atoms with van der Waals surface area (Å²) >= 11 is 1.64. The van der Waals surface area contributed by atoms with Crippen molar-refractivity contribution in [2.45, 2.75) is 16.7 Å². The maximum Gasteiger partial charge on any atom is 0.241 e. The fraction of sp³-hybridized carbons (Fsp3) is 0.120. The van der Waals surface area contributed by atoms with Crippen LogP contribution in [-0.2, 0) is 0 Å². The highest BCUT2D eigenvalue weighted by Gasteiger charge is 2.11. The molecule has 2 aromatic carbocycles. The smallest absolute Gasteiger partial charge is 0.241 e. The van der Waals surface area contributed by atoms with Gasteiger partial charge in [-0.25, -0.2) is 4.98 Å².